The minimum Gasteiger partial charge on any atom is -0.484 e. The van der Waals surface area contributed by atoms with E-state index in [0.29, 0.717) is 18.6 Å². The smallest absolute Gasteiger partial charge is 0.329 e. The molecular weight excluding hydrogens is 372 g/mol. The Kier molecular flexibility index (Phi) is 9.65. The SMILES string of the molecule is CCC[C@@H](NC(=O)[C@@H](NC(=O)COc1ccccc1)C(C)C)C(=O)OC(C)(C)C. The summed E-state index contributed by atoms with van der Waals surface area (Å²) < 4.78 is 10.8. The van der Waals surface area contributed by atoms with E-state index in [2.05, 4.69) is 10.6 Å². The van der Waals surface area contributed by atoms with Crippen molar-refractivity contribution >= 4 is 17.8 Å². The van der Waals surface area contributed by atoms with Crippen LogP contribution in [0.1, 0.15) is 54.4 Å². The first-order valence-electron chi connectivity index (χ1n) is 10.0. The van der Waals surface area contributed by atoms with Crippen LogP contribution in [-0.4, -0.2) is 42.1 Å². The predicted molar refractivity (Wildman–Crippen MR) is 111 cm³/mol. The summed E-state index contributed by atoms with van der Waals surface area (Å²) in [5.74, 6) is -0.906. The number of hydrogen-bond acceptors (Lipinski definition) is 5. The topological polar surface area (TPSA) is 93.7 Å². The largest absolute Gasteiger partial charge is 0.484 e. The van der Waals surface area contributed by atoms with Crippen LogP contribution in [0.4, 0.5) is 0 Å². The van der Waals surface area contributed by atoms with Gasteiger partial charge < -0.3 is 20.1 Å². The van der Waals surface area contributed by atoms with Crippen molar-refractivity contribution in [1.29, 1.82) is 0 Å². The Morgan fingerprint density at radius 1 is 1.03 bits per heavy atom. The molecule has 2 N–H and O–H groups in total. The first-order valence-corrected chi connectivity index (χ1v) is 10.0. The quantitative estimate of drug-likeness (QED) is 0.583. The molecule has 0 saturated carbocycles. The van der Waals surface area contributed by atoms with Crippen molar-refractivity contribution in [2.75, 3.05) is 6.61 Å². The number of carbonyl (C=O) groups is 3. The number of carbonyl (C=O) groups excluding carboxylic acids is 3. The zero-order chi connectivity index (χ0) is 22.0. The Bertz CT molecular complexity index is 668. The molecule has 0 unspecified atom stereocenters. The summed E-state index contributed by atoms with van der Waals surface area (Å²) in [7, 11) is 0. The zero-order valence-electron chi connectivity index (χ0n) is 18.3. The average Bonchev–Trinajstić information content (AvgIpc) is 2.63. The van der Waals surface area contributed by atoms with E-state index in [0.717, 1.165) is 0 Å². The summed E-state index contributed by atoms with van der Waals surface area (Å²) in [6, 6.07) is 7.41. The van der Waals surface area contributed by atoms with Gasteiger partial charge >= 0.3 is 5.97 Å². The van der Waals surface area contributed by atoms with E-state index in [1.807, 2.05) is 39.0 Å². The van der Waals surface area contributed by atoms with Gasteiger partial charge in [-0.25, -0.2) is 4.79 Å². The Morgan fingerprint density at radius 2 is 1.66 bits per heavy atom. The van der Waals surface area contributed by atoms with Gasteiger partial charge in [-0.2, -0.15) is 0 Å². The van der Waals surface area contributed by atoms with E-state index >= 15 is 0 Å². The molecule has 2 atom stereocenters. The minimum atomic E-state index is -0.788. The van der Waals surface area contributed by atoms with Crippen molar-refractivity contribution in [1.82, 2.24) is 10.6 Å². The molecule has 1 aromatic carbocycles. The van der Waals surface area contributed by atoms with Crippen LogP contribution in [0.15, 0.2) is 30.3 Å². The number of amides is 2. The number of ether oxygens (including phenoxy) is 2. The van der Waals surface area contributed by atoms with Crippen LogP contribution in [0, 0.1) is 5.92 Å². The highest BCUT2D eigenvalue weighted by Gasteiger charge is 2.30. The fourth-order valence-electron chi connectivity index (χ4n) is 2.59. The molecule has 162 valence electrons. The first-order chi connectivity index (χ1) is 13.5. The molecule has 0 fully saturated rings. The summed E-state index contributed by atoms with van der Waals surface area (Å²) in [5.41, 5.74) is -0.645. The molecule has 0 aliphatic rings. The van der Waals surface area contributed by atoms with Crippen LogP contribution in [0.25, 0.3) is 0 Å². The van der Waals surface area contributed by atoms with Gasteiger partial charge in [-0.1, -0.05) is 45.4 Å². The van der Waals surface area contributed by atoms with Gasteiger partial charge in [0.1, 0.15) is 23.4 Å². The van der Waals surface area contributed by atoms with Gasteiger partial charge in [-0.15, -0.1) is 0 Å². The summed E-state index contributed by atoms with van der Waals surface area (Å²) in [6.45, 7) is 10.7. The third-order valence-corrected chi connectivity index (χ3v) is 3.96. The van der Waals surface area contributed by atoms with Crippen LogP contribution in [0.2, 0.25) is 0 Å². The minimum absolute atomic E-state index is 0.170. The van der Waals surface area contributed by atoms with Crippen molar-refractivity contribution in [3.05, 3.63) is 30.3 Å². The molecule has 0 heterocycles. The van der Waals surface area contributed by atoms with E-state index in [1.54, 1.807) is 32.9 Å². The summed E-state index contributed by atoms with van der Waals surface area (Å²) in [5, 5.41) is 5.42. The molecule has 1 aromatic rings. The molecule has 0 bridgehead atoms. The van der Waals surface area contributed by atoms with Crippen molar-refractivity contribution in [3.63, 3.8) is 0 Å². The normalized spacial score (nSPS) is 13.3. The van der Waals surface area contributed by atoms with E-state index in [-0.39, 0.29) is 12.5 Å². The Balaban J connectivity index is 2.71. The second-order valence-corrected chi connectivity index (χ2v) is 8.27. The van der Waals surface area contributed by atoms with E-state index in [9.17, 15) is 14.4 Å². The number of nitrogens with one attached hydrogen (secondary N) is 2. The lowest BCUT2D eigenvalue weighted by atomic mass is 10.0. The van der Waals surface area contributed by atoms with Gasteiger partial charge in [0, 0.05) is 0 Å². The molecule has 0 aliphatic heterocycles. The molecule has 29 heavy (non-hydrogen) atoms. The van der Waals surface area contributed by atoms with E-state index in [4.69, 9.17) is 9.47 Å². The molecule has 0 aromatic heterocycles. The lowest BCUT2D eigenvalue weighted by Crippen LogP contribution is -2.55. The van der Waals surface area contributed by atoms with Crippen molar-refractivity contribution in [3.8, 4) is 5.75 Å². The van der Waals surface area contributed by atoms with Gasteiger partial charge in [0.05, 0.1) is 0 Å². The summed E-state index contributed by atoms with van der Waals surface area (Å²) in [4.78, 5) is 37.5. The van der Waals surface area contributed by atoms with Crippen LogP contribution in [0.5, 0.6) is 5.75 Å². The van der Waals surface area contributed by atoms with Crippen LogP contribution >= 0.6 is 0 Å². The predicted octanol–water partition coefficient (Wildman–Crippen LogP) is 2.83. The molecule has 2 amide bonds. The highest BCUT2D eigenvalue weighted by atomic mass is 16.6. The van der Waals surface area contributed by atoms with Gasteiger partial charge in [0.25, 0.3) is 5.91 Å². The van der Waals surface area contributed by atoms with Gasteiger partial charge in [0.2, 0.25) is 5.91 Å². The molecule has 1 rings (SSSR count). The third kappa shape index (κ3) is 9.45. The Labute approximate surface area is 173 Å². The van der Waals surface area contributed by atoms with Crippen molar-refractivity contribution in [2.45, 2.75) is 72.1 Å². The molecule has 7 heteroatoms. The number of esters is 1. The molecular formula is C22H34N2O5. The highest BCUT2D eigenvalue weighted by Crippen LogP contribution is 2.12. The Hall–Kier alpha value is -2.57. The second kappa shape index (κ2) is 11.4. The summed E-state index contributed by atoms with van der Waals surface area (Å²) >= 11 is 0. The number of rotatable bonds is 10. The maximum Gasteiger partial charge on any atom is 0.329 e. The standard InChI is InChI=1S/C22H34N2O5/c1-7-11-17(21(27)29-22(4,5)6)23-20(26)19(15(2)3)24-18(25)14-28-16-12-9-8-10-13-16/h8-10,12-13,15,17,19H,7,11,14H2,1-6H3,(H,23,26)(H,24,25)/t17-,19+/m1/s1. The number of para-hydroxylation sites is 1. The number of hydrogen-bond donors (Lipinski definition) is 2. The number of benzene rings is 1. The third-order valence-electron chi connectivity index (χ3n) is 3.96. The van der Waals surface area contributed by atoms with Crippen LogP contribution in [-0.2, 0) is 19.1 Å². The molecule has 0 spiro atoms. The van der Waals surface area contributed by atoms with E-state index in [1.165, 1.54) is 0 Å². The van der Waals surface area contributed by atoms with Gasteiger partial charge in [0.15, 0.2) is 6.61 Å². The summed E-state index contributed by atoms with van der Waals surface area (Å²) in [6.07, 6.45) is 1.16. The van der Waals surface area contributed by atoms with Crippen molar-refractivity contribution < 1.29 is 23.9 Å². The van der Waals surface area contributed by atoms with E-state index < -0.39 is 35.5 Å². The zero-order valence-corrected chi connectivity index (χ0v) is 18.3. The fourth-order valence-corrected chi connectivity index (χ4v) is 2.59. The van der Waals surface area contributed by atoms with Crippen LogP contribution < -0.4 is 15.4 Å². The fraction of sp³-hybridized carbons (Fsp3) is 0.591. The lowest BCUT2D eigenvalue weighted by Gasteiger charge is -2.27. The lowest BCUT2D eigenvalue weighted by molar-refractivity contribution is -0.159. The first kappa shape index (κ1) is 24.5. The van der Waals surface area contributed by atoms with Gasteiger partial charge in [-0.3, -0.25) is 9.59 Å². The molecule has 0 radical (unpaired) electrons. The maximum absolute atomic E-state index is 12.8. The maximum atomic E-state index is 12.8. The molecule has 0 saturated heterocycles. The highest BCUT2D eigenvalue weighted by molar-refractivity contribution is 5.91. The van der Waals surface area contributed by atoms with Crippen molar-refractivity contribution in [2.24, 2.45) is 5.92 Å². The Morgan fingerprint density at radius 3 is 2.17 bits per heavy atom. The average molecular weight is 407 g/mol. The van der Waals surface area contributed by atoms with Gasteiger partial charge in [-0.05, 0) is 45.2 Å². The monoisotopic (exact) mass is 406 g/mol. The second-order valence-electron chi connectivity index (χ2n) is 8.27. The molecule has 0 aliphatic carbocycles. The van der Waals surface area contributed by atoms with Crippen LogP contribution in [0.3, 0.4) is 0 Å². The molecule has 7 nitrogen and oxygen atoms in total.